The van der Waals surface area contributed by atoms with Gasteiger partial charge in [-0.05, 0) is 114 Å². The molecule has 0 radical (unpaired) electrons. The first kappa shape index (κ1) is 39.8. The highest BCUT2D eigenvalue weighted by Crippen LogP contribution is 2.43. The van der Waals surface area contributed by atoms with Crippen LogP contribution in [0.1, 0.15) is 126 Å². The van der Waals surface area contributed by atoms with Crippen LogP contribution in [-0.2, 0) is 14.4 Å². The van der Waals surface area contributed by atoms with E-state index >= 15 is 0 Å². The average Bonchev–Trinajstić information content (AvgIpc) is 2.92. The summed E-state index contributed by atoms with van der Waals surface area (Å²) in [6, 6.07) is -0.856. The number of rotatable bonds is 15. The first-order chi connectivity index (χ1) is 19.7. The molecule has 6 N–H and O–H groups in total. The molecule has 0 saturated carbocycles. The molecule has 2 aliphatic carbocycles. The summed E-state index contributed by atoms with van der Waals surface area (Å²) < 4.78 is 0. The molecule has 0 fully saturated rings. The van der Waals surface area contributed by atoms with E-state index in [1.165, 1.54) is 24.8 Å². The minimum atomic E-state index is -1.01. The lowest BCUT2D eigenvalue weighted by molar-refractivity contribution is -0.147. The van der Waals surface area contributed by atoms with E-state index in [-0.39, 0.29) is 12.3 Å². The van der Waals surface area contributed by atoms with E-state index in [4.69, 9.17) is 10.8 Å². The van der Waals surface area contributed by atoms with Crippen LogP contribution in [0.5, 0.6) is 0 Å². The van der Waals surface area contributed by atoms with Crippen LogP contribution in [0.15, 0.2) is 23.8 Å². The van der Waals surface area contributed by atoms with Gasteiger partial charge in [-0.15, -0.1) is 0 Å². The number of carbonyl (C=O) groups excluding carboxylic acids is 1. The topological polar surface area (TPSA) is 150 Å². The number of amides is 1. The maximum Gasteiger partial charge on any atom is 0.326 e. The van der Waals surface area contributed by atoms with E-state index in [0.29, 0.717) is 62.3 Å². The Bertz CT molecular complexity index is 853. The summed E-state index contributed by atoms with van der Waals surface area (Å²) in [5.74, 6) is 0.382. The quantitative estimate of drug-likeness (QED) is 0.132. The van der Waals surface area contributed by atoms with Crippen LogP contribution in [0, 0.1) is 29.1 Å². The molecule has 0 spiro atoms. The Kier molecular flexibility index (Phi) is 20.4. The number of nitrogens with two attached hydrogens (primary N) is 1. The minimum absolute atomic E-state index is 0.244. The Balaban J connectivity index is 0.00000130. The lowest BCUT2D eigenvalue weighted by Crippen LogP contribution is -2.40. The molecule has 0 aromatic rings. The second-order valence-electron chi connectivity index (χ2n) is 12.8. The van der Waals surface area contributed by atoms with E-state index in [1.54, 1.807) is 13.8 Å². The van der Waals surface area contributed by atoms with Crippen molar-refractivity contribution < 1.29 is 29.7 Å². The van der Waals surface area contributed by atoms with Gasteiger partial charge < -0.3 is 26.4 Å². The Morgan fingerprint density at radius 3 is 2.19 bits per heavy atom. The molecule has 0 saturated heterocycles. The number of allylic oxidation sites excluding steroid dienone is 4. The van der Waals surface area contributed by atoms with Crippen LogP contribution in [0.2, 0.25) is 0 Å². The van der Waals surface area contributed by atoms with Crippen LogP contribution >= 0.6 is 0 Å². The van der Waals surface area contributed by atoms with Gasteiger partial charge in [-0.2, -0.15) is 0 Å². The molecule has 244 valence electrons. The van der Waals surface area contributed by atoms with Crippen LogP contribution < -0.4 is 11.1 Å². The molecular formula is C34H62N2O6. The molecule has 0 aliphatic heterocycles. The largest absolute Gasteiger partial charge is 0.481 e. The number of hydrogen-bond donors (Lipinski definition) is 5. The fourth-order valence-electron chi connectivity index (χ4n) is 5.22. The predicted octanol–water partition coefficient (Wildman–Crippen LogP) is 6.71. The lowest BCUT2D eigenvalue weighted by Gasteiger charge is -2.38. The third kappa shape index (κ3) is 15.9. The fourth-order valence-corrected chi connectivity index (χ4v) is 5.22. The molecule has 5 unspecified atom stereocenters. The molecule has 42 heavy (non-hydrogen) atoms. The van der Waals surface area contributed by atoms with Crippen molar-refractivity contribution >= 4 is 17.8 Å². The summed E-state index contributed by atoms with van der Waals surface area (Å²) in [4.78, 5) is 33.7. The Morgan fingerprint density at radius 2 is 1.67 bits per heavy atom. The maximum absolute atomic E-state index is 12.1. The number of hydrogen-bond acceptors (Lipinski definition) is 5. The number of aliphatic hydroxyl groups excluding tert-OH is 1. The number of carboxylic acid groups (broad SMARTS) is 2. The summed E-state index contributed by atoms with van der Waals surface area (Å²) in [6.07, 6.45) is 16.0. The monoisotopic (exact) mass is 594 g/mol. The number of fused-ring (bicyclic) bond motifs is 1. The van der Waals surface area contributed by atoms with Gasteiger partial charge in [0.2, 0.25) is 5.91 Å². The van der Waals surface area contributed by atoms with Gasteiger partial charge >= 0.3 is 11.9 Å². The summed E-state index contributed by atoms with van der Waals surface area (Å²) >= 11 is 0. The van der Waals surface area contributed by atoms with Crippen molar-refractivity contribution in [2.75, 3.05) is 6.54 Å². The number of nitrogens with one attached hydrogen (secondary N) is 1. The van der Waals surface area contributed by atoms with E-state index in [1.807, 2.05) is 6.92 Å². The fraction of sp³-hybridized carbons (Fsp3) is 0.794. The molecule has 0 heterocycles. The highest BCUT2D eigenvalue weighted by atomic mass is 16.4. The van der Waals surface area contributed by atoms with Gasteiger partial charge in [-0.1, -0.05) is 59.3 Å². The first-order valence-electron chi connectivity index (χ1n) is 16.3. The van der Waals surface area contributed by atoms with Crippen molar-refractivity contribution in [2.45, 2.75) is 138 Å². The Morgan fingerprint density at radius 1 is 1.02 bits per heavy atom. The summed E-state index contributed by atoms with van der Waals surface area (Å²) in [7, 11) is 0. The molecule has 0 aromatic heterocycles. The zero-order valence-electron chi connectivity index (χ0n) is 27.5. The van der Waals surface area contributed by atoms with Crippen LogP contribution in [-0.4, -0.2) is 51.9 Å². The molecule has 0 aromatic carbocycles. The van der Waals surface area contributed by atoms with Gasteiger partial charge in [-0.3, -0.25) is 9.59 Å². The number of aliphatic hydroxyl groups is 1. The van der Waals surface area contributed by atoms with Gasteiger partial charge in [0.25, 0.3) is 0 Å². The van der Waals surface area contributed by atoms with Crippen molar-refractivity contribution in [1.29, 1.82) is 0 Å². The van der Waals surface area contributed by atoms with Crippen molar-refractivity contribution in [1.82, 2.24) is 5.32 Å². The maximum atomic E-state index is 12.1. The zero-order chi connectivity index (χ0) is 32.3. The molecule has 6 atom stereocenters. The predicted molar refractivity (Wildman–Crippen MR) is 171 cm³/mol. The van der Waals surface area contributed by atoms with Crippen molar-refractivity contribution in [3.8, 4) is 0 Å². The first-order valence-corrected chi connectivity index (χ1v) is 16.3. The molecule has 2 rings (SSSR count). The van der Waals surface area contributed by atoms with E-state index in [0.717, 1.165) is 19.3 Å². The van der Waals surface area contributed by atoms with E-state index < -0.39 is 29.5 Å². The highest BCUT2D eigenvalue weighted by molar-refractivity contribution is 5.83. The second-order valence-corrected chi connectivity index (χ2v) is 12.8. The molecular weight excluding hydrogens is 532 g/mol. The average molecular weight is 595 g/mol. The number of carboxylic acids is 2. The second kappa shape index (κ2) is 21.5. The summed E-state index contributed by atoms with van der Waals surface area (Å²) in [5.41, 5.74) is 6.38. The van der Waals surface area contributed by atoms with Crippen molar-refractivity contribution in [3.63, 3.8) is 0 Å². The Labute approximate surface area is 255 Å². The summed E-state index contributed by atoms with van der Waals surface area (Å²) in [5, 5.41) is 30.8. The molecule has 8 nitrogen and oxygen atoms in total. The smallest absolute Gasteiger partial charge is 0.326 e. The zero-order valence-corrected chi connectivity index (χ0v) is 27.5. The van der Waals surface area contributed by atoms with Gasteiger partial charge in [0.1, 0.15) is 6.04 Å². The van der Waals surface area contributed by atoms with Crippen molar-refractivity contribution in [2.24, 2.45) is 34.8 Å². The van der Waals surface area contributed by atoms with Gasteiger partial charge in [0, 0.05) is 6.42 Å². The minimum Gasteiger partial charge on any atom is -0.481 e. The van der Waals surface area contributed by atoms with Crippen LogP contribution in [0.3, 0.4) is 0 Å². The van der Waals surface area contributed by atoms with Crippen LogP contribution in [0.4, 0.5) is 0 Å². The molecule has 1 amide bonds. The molecule has 0 bridgehead atoms. The highest BCUT2D eigenvalue weighted by Gasteiger charge is 2.33. The summed E-state index contributed by atoms with van der Waals surface area (Å²) in [6.45, 7) is 14.6. The normalized spacial score (nSPS) is 22.6. The van der Waals surface area contributed by atoms with E-state index in [2.05, 4.69) is 51.2 Å². The molecule has 2 aliphatic rings. The lowest BCUT2D eigenvalue weighted by atomic mass is 9.66. The SMILES string of the molecule is CC1C=CC2=C[C@H](C)CCC2C1CCC(O)CCCC(=O)NC(CCCCN)C(=O)O.CCC.CCC(C)(C)C(=O)O. The van der Waals surface area contributed by atoms with E-state index in [9.17, 15) is 24.6 Å². The van der Waals surface area contributed by atoms with Gasteiger partial charge in [-0.25, -0.2) is 4.79 Å². The Hall–Kier alpha value is -2.19. The number of unbranched alkanes of at least 4 members (excludes halogenated alkanes) is 1. The van der Waals surface area contributed by atoms with Gasteiger partial charge in [0.05, 0.1) is 11.5 Å². The van der Waals surface area contributed by atoms with Gasteiger partial charge in [0.15, 0.2) is 0 Å². The number of aliphatic carboxylic acids is 2. The number of carbonyl (C=O) groups is 3. The standard InChI is InChI=1S/C25H42N2O4.C6H12O2.C3H8/c1-17-9-13-22-19(16-17)11-10-18(2)21(22)14-12-20(28)6-5-8-24(29)27-23(25(30)31)7-3-4-15-26;1-4-6(2,3)5(7)8;1-3-2/h10-11,16-18,20-23,28H,3-9,12-15,26H2,1-2H3,(H,27,29)(H,30,31);4H2,1-3H3,(H,7,8);3H2,1-2H3/t17-,18?,20?,21?,22?,23?;;/m1../s1. The van der Waals surface area contributed by atoms with Crippen molar-refractivity contribution in [3.05, 3.63) is 23.8 Å². The van der Waals surface area contributed by atoms with Crippen LogP contribution in [0.25, 0.3) is 0 Å². The third-order valence-electron chi connectivity index (χ3n) is 8.44. The molecule has 8 heteroatoms. The third-order valence-corrected chi connectivity index (χ3v) is 8.44.